The van der Waals surface area contributed by atoms with Gasteiger partial charge in [0.25, 0.3) is 0 Å². The van der Waals surface area contributed by atoms with Crippen LogP contribution in [0.15, 0.2) is 41.9 Å². The number of benzene rings is 1. The third-order valence-electron chi connectivity index (χ3n) is 2.86. The number of nitrogens with one attached hydrogen (secondary N) is 2. The van der Waals surface area contributed by atoms with Gasteiger partial charge in [-0.15, -0.1) is 0 Å². The summed E-state index contributed by atoms with van der Waals surface area (Å²) in [7, 11) is 0. The van der Waals surface area contributed by atoms with Crippen LogP contribution >= 0.6 is 11.8 Å². The van der Waals surface area contributed by atoms with E-state index in [4.69, 9.17) is 0 Å². The van der Waals surface area contributed by atoms with E-state index in [0.717, 1.165) is 21.8 Å². The lowest BCUT2D eigenvalue weighted by molar-refractivity contribution is -0.113. The second-order valence-corrected chi connectivity index (χ2v) is 5.45. The predicted molar refractivity (Wildman–Crippen MR) is 82.2 cm³/mol. The number of hydrogen-bond donors (Lipinski definition) is 2. The van der Waals surface area contributed by atoms with Gasteiger partial charge in [-0.05, 0) is 19.1 Å². The molecule has 1 aromatic carbocycles. The zero-order chi connectivity index (χ0) is 14.7. The average molecular weight is 299 g/mol. The van der Waals surface area contributed by atoms with Crippen LogP contribution in [-0.2, 0) is 4.79 Å². The van der Waals surface area contributed by atoms with Crippen LogP contribution in [0.25, 0.3) is 11.2 Å². The van der Waals surface area contributed by atoms with E-state index in [1.807, 2.05) is 31.2 Å². The predicted octanol–water partition coefficient (Wildman–Crippen LogP) is 2.39. The minimum atomic E-state index is -0.0740. The van der Waals surface area contributed by atoms with Crippen LogP contribution in [0.1, 0.15) is 5.56 Å². The smallest absolute Gasteiger partial charge is 0.234 e. The third-order valence-corrected chi connectivity index (χ3v) is 3.85. The first kappa shape index (κ1) is 13.6. The van der Waals surface area contributed by atoms with Gasteiger partial charge >= 0.3 is 0 Å². The lowest BCUT2D eigenvalue weighted by atomic mass is 10.2. The van der Waals surface area contributed by atoms with E-state index in [2.05, 4.69) is 25.3 Å². The number of carbonyl (C=O) groups excluding carboxylic acids is 1. The van der Waals surface area contributed by atoms with Gasteiger partial charge in [0.1, 0.15) is 16.9 Å². The molecule has 0 atom stereocenters. The van der Waals surface area contributed by atoms with E-state index in [0.29, 0.717) is 5.65 Å². The molecule has 0 radical (unpaired) electrons. The second kappa shape index (κ2) is 5.92. The number of aryl methyl sites for hydroxylation is 1. The van der Waals surface area contributed by atoms with Crippen LogP contribution in [0.5, 0.6) is 0 Å². The molecular formula is C14H13N5OS. The van der Waals surface area contributed by atoms with Gasteiger partial charge < -0.3 is 10.3 Å². The van der Waals surface area contributed by atoms with E-state index < -0.39 is 0 Å². The summed E-state index contributed by atoms with van der Waals surface area (Å²) in [5.41, 5.74) is 3.31. The number of aromatic amines is 1. The molecule has 2 heterocycles. The fourth-order valence-corrected chi connectivity index (χ4v) is 2.58. The number of fused-ring (bicyclic) bond motifs is 1. The second-order valence-electron chi connectivity index (χ2n) is 4.48. The normalized spacial score (nSPS) is 10.7. The Labute approximate surface area is 125 Å². The summed E-state index contributed by atoms with van der Waals surface area (Å²) in [6.07, 6.45) is 3.01. The van der Waals surface area contributed by atoms with Crippen molar-refractivity contribution in [3.8, 4) is 0 Å². The highest BCUT2D eigenvalue weighted by atomic mass is 32.2. The first-order chi connectivity index (χ1) is 10.2. The molecule has 0 aliphatic carbocycles. The van der Waals surface area contributed by atoms with E-state index >= 15 is 0 Å². The molecule has 2 N–H and O–H groups in total. The van der Waals surface area contributed by atoms with Gasteiger partial charge in [0, 0.05) is 5.69 Å². The van der Waals surface area contributed by atoms with E-state index in [-0.39, 0.29) is 11.7 Å². The van der Waals surface area contributed by atoms with E-state index in [9.17, 15) is 4.79 Å². The molecule has 0 aliphatic rings. The van der Waals surface area contributed by atoms with E-state index in [1.165, 1.54) is 18.1 Å². The van der Waals surface area contributed by atoms with Gasteiger partial charge in [0.05, 0.1) is 12.1 Å². The number of imidazole rings is 1. The first-order valence-electron chi connectivity index (χ1n) is 6.36. The van der Waals surface area contributed by atoms with Gasteiger partial charge in [-0.2, -0.15) is 0 Å². The first-order valence-corrected chi connectivity index (χ1v) is 7.34. The molecule has 3 rings (SSSR count). The maximum atomic E-state index is 11.9. The zero-order valence-electron chi connectivity index (χ0n) is 11.3. The Hall–Kier alpha value is -2.41. The fraction of sp³-hybridized carbons (Fsp3) is 0.143. The Kier molecular flexibility index (Phi) is 3.83. The Morgan fingerprint density at radius 1 is 1.24 bits per heavy atom. The lowest BCUT2D eigenvalue weighted by Crippen LogP contribution is -2.14. The molecule has 0 fully saturated rings. The van der Waals surface area contributed by atoms with Crippen LogP contribution in [0.4, 0.5) is 5.69 Å². The largest absolute Gasteiger partial charge is 0.341 e. The number of amides is 1. The SMILES string of the molecule is Cc1ccc(NC(=O)CSc2ncnc3nc[nH]c23)cc1. The van der Waals surface area contributed by atoms with Crippen molar-refractivity contribution >= 4 is 34.5 Å². The van der Waals surface area contributed by atoms with Crippen molar-refractivity contribution in [2.45, 2.75) is 11.9 Å². The summed E-state index contributed by atoms with van der Waals surface area (Å²) >= 11 is 1.35. The molecule has 106 valence electrons. The maximum absolute atomic E-state index is 11.9. The minimum Gasteiger partial charge on any atom is -0.341 e. The highest BCUT2D eigenvalue weighted by Gasteiger charge is 2.09. The molecular weight excluding hydrogens is 286 g/mol. The number of thioether (sulfide) groups is 1. The molecule has 0 spiro atoms. The van der Waals surface area contributed by atoms with Crippen LogP contribution in [0.2, 0.25) is 0 Å². The molecule has 3 aromatic rings. The Balaban J connectivity index is 1.63. The molecule has 0 saturated carbocycles. The highest BCUT2D eigenvalue weighted by molar-refractivity contribution is 8.00. The number of anilines is 1. The summed E-state index contributed by atoms with van der Waals surface area (Å²) in [5, 5.41) is 3.57. The maximum Gasteiger partial charge on any atom is 0.234 e. The van der Waals surface area contributed by atoms with Crippen LogP contribution in [-0.4, -0.2) is 31.6 Å². The zero-order valence-corrected chi connectivity index (χ0v) is 12.1. The Morgan fingerprint density at radius 2 is 2.05 bits per heavy atom. The van der Waals surface area contributed by atoms with Gasteiger partial charge in [-0.3, -0.25) is 4.79 Å². The van der Waals surface area contributed by atoms with Crippen LogP contribution in [0, 0.1) is 6.92 Å². The number of hydrogen-bond acceptors (Lipinski definition) is 5. The molecule has 21 heavy (non-hydrogen) atoms. The van der Waals surface area contributed by atoms with Crippen LogP contribution < -0.4 is 5.32 Å². The molecule has 0 aliphatic heterocycles. The monoisotopic (exact) mass is 299 g/mol. The molecule has 7 heteroatoms. The van der Waals surface area contributed by atoms with Gasteiger partial charge in [-0.25, -0.2) is 15.0 Å². The van der Waals surface area contributed by atoms with Gasteiger partial charge in [0.15, 0.2) is 5.65 Å². The number of nitrogens with zero attached hydrogens (tertiary/aromatic N) is 3. The van der Waals surface area contributed by atoms with Gasteiger partial charge in [-0.1, -0.05) is 29.5 Å². The standard InChI is InChI=1S/C14H13N5OS/c1-9-2-4-10(5-3-9)19-11(20)6-21-14-12-13(16-7-15-12)17-8-18-14/h2-5,7-8H,6H2,1H3,(H,19,20)(H,15,16,17,18). The summed E-state index contributed by atoms with van der Waals surface area (Å²) in [6, 6.07) is 7.69. The van der Waals surface area contributed by atoms with Crippen molar-refractivity contribution in [3.63, 3.8) is 0 Å². The molecule has 0 bridgehead atoms. The average Bonchev–Trinajstić information content (AvgIpc) is 2.96. The summed E-state index contributed by atoms with van der Waals surface area (Å²) in [6.45, 7) is 2.01. The fourth-order valence-electron chi connectivity index (χ4n) is 1.82. The number of rotatable bonds is 4. The molecule has 6 nitrogen and oxygen atoms in total. The van der Waals surface area contributed by atoms with Crippen molar-refractivity contribution in [1.29, 1.82) is 0 Å². The molecule has 1 amide bonds. The minimum absolute atomic E-state index is 0.0740. The quantitative estimate of drug-likeness (QED) is 0.571. The van der Waals surface area contributed by atoms with Crippen molar-refractivity contribution in [2.24, 2.45) is 0 Å². The molecule has 0 unspecified atom stereocenters. The number of H-pyrrole nitrogens is 1. The Bertz CT molecular complexity index is 768. The Morgan fingerprint density at radius 3 is 2.86 bits per heavy atom. The summed E-state index contributed by atoms with van der Waals surface area (Å²) in [4.78, 5) is 27.2. The third kappa shape index (κ3) is 3.19. The van der Waals surface area contributed by atoms with Crippen molar-refractivity contribution in [2.75, 3.05) is 11.1 Å². The van der Waals surface area contributed by atoms with Crippen molar-refractivity contribution in [1.82, 2.24) is 19.9 Å². The number of aromatic nitrogens is 4. The van der Waals surface area contributed by atoms with Crippen molar-refractivity contribution < 1.29 is 4.79 Å². The summed E-state index contributed by atoms with van der Waals surface area (Å²) in [5.74, 6) is 0.203. The van der Waals surface area contributed by atoms with E-state index in [1.54, 1.807) is 6.33 Å². The number of carbonyl (C=O) groups is 1. The van der Waals surface area contributed by atoms with Crippen molar-refractivity contribution in [3.05, 3.63) is 42.5 Å². The molecule has 0 saturated heterocycles. The summed E-state index contributed by atoms with van der Waals surface area (Å²) < 4.78 is 0. The lowest BCUT2D eigenvalue weighted by Gasteiger charge is -2.05. The molecule has 2 aromatic heterocycles. The highest BCUT2D eigenvalue weighted by Crippen LogP contribution is 2.21. The van der Waals surface area contributed by atoms with Gasteiger partial charge in [0.2, 0.25) is 5.91 Å². The van der Waals surface area contributed by atoms with Crippen LogP contribution in [0.3, 0.4) is 0 Å². The topological polar surface area (TPSA) is 83.6 Å².